The lowest BCUT2D eigenvalue weighted by Crippen LogP contribution is -2.24. The standard InChI is InChI=1S/C26H26FN3O3/c1-4-20-21(25(31)28-13-18-9-11-22(27)16(2)12-18)15-30-23(20)6-5-7-24(30)26(32)29-14-19-10-8-17(3)33-19/h5-12,15H,4,13-14H2,1-3H3,(H,28,31)(H,29,32). The molecule has 0 radical (unpaired) electrons. The minimum absolute atomic E-state index is 0.241. The van der Waals surface area contributed by atoms with Crippen LogP contribution in [0.15, 0.2) is 59.1 Å². The molecule has 1 aromatic carbocycles. The number of aryl methyl sites for hydroxylation is 3. The van der Waals surface area contributed by atoms with Crippen molar-refractivity contribution in [1.82, 2.24) is 15.0 Å². The minimum Gasteiger partial charge on any atom is -0.465 e. The summed E-state index contributed by atoms with van der Waals surface area (Å²) in [5, 5.41) is 5.78. The van der Waals surface area contributed by atoms with Gasteiger partial charge in [-0.2, -0.15) is 0 Å². The molecule has 0 fully saturated rings. The summed E-state index contributed by atoms with van der Waals surface area (Å²) in [5.41, 5.74) is 3.96. The second-order valence-electron chi connectivity index (χ2n) is 8.00. The van der Waals surface area contributed by atoms with Crippen molar-refractivity contribution in [3.05, 3.63) is 100 Å². The number of pyridine rings is 1. The molecular weight excluding hydrogens is 421 g/mol. The SMILES string of the molecule is CCc1c(C(=O)NCc2ccc(F)c(C)c2)cn2c(C(=O)NCc3ccc(C)o3)cccc12. The molecule has 4 rings (SSSR count). The Labute approximate surface area is 191 Å². The van der Waals surface area contributed by atoms with Crippen molar-refractivity contribution in [2.24, 2.45) is 0 Å². The highest BCUT2D eigenvalue weighted by molar-refractivity contribution is 5.99. The molecule has 0 aliphatic heterocycles. The van der Waals surface area contributed by atoms with Crippen LogP contribution in [0.1, 0.15) is 56.0 Å². The number of hydrogen-bond donors (Lipinski definition) is 2. The van der Waals surface area contributed by atoms with Gasteiger partial charge >= 0.3 is 0 Å². The first kappa shape index (κ1) is 22.3. The average Bonchev–Trinajstić information content (AvgIpc) is 3.40. The molecule has 170 valence electrons. The maximum atomic E-state index is 13.5. The summed E-state index contributed by atoms with van der Waals surface area (Å²) in [5.74, 6) is 0.678. The van der Waals surface area contributed by atoms with Gasteiger partial charge < -0.3 is 19.5 Å². The van der Waals surface area contributed by atoms with Gasteiger partial charge in [0.05, 0.1) is 12.1 Å². The molecule has 3 aromatic heterocycles. The zero-order chi connectivity index (χ0) is 23.5. The number of carbonyl (C=O) groups excluding carboxylic acids is 2. The van der Waals surface area contributed by atoms with Crippen LogP contribution < -0.4 is 10.6 Å². The third kappa shape index (κ3) is 4.67. The topological polar surface area (TPSA) is 75.8 Å². The molecule has 2 N–H and O–H groups in total. The van der Waals surface area contributed by atoms with E-state index in [1.165, 1.54) is 6.07 Å². The zero-order valence-corrected chi connectivity index (χ0v) is 18.9. The summed E-state index contributed by atoms with van der Waals surface area (Å²) < 4.78 is 20.8. The predicted octanol–water partition coefficient (Wildman–Crippen LogP) is 4.71. The van der Waals surface area contributed by atoms with E-state index < -0.39 is 0 Å². The normalized spacial score (nSPS) is 11.0. The summed E-state index contributed by atoms with van der Waals surface area (Å²) in [6.45, 7) is 6.07. The number of nitrogens with one attached hydrogen (secondary N) is 2. The summed E-state index contributed by atoms with van der Waals surface area (Å²) in [4.78, 5) is 25.9. The van der Waals surface area contributed by atoms with Crippen molar-refractivity contribution in [3.63, 3.8) is 0 Å². The minimum atomic E-state index is -0.273. The van der Waals surface area contributed by atoms with Gasteiger partial charge in [0.25, 0.3) is 11.8 Å². The van der Waals surface area contributed by atoms with Crippen LogP contribution in [0.4, 0.5) is 4.39 Å². The molecular formula is C26H26FN3O3. The second kappa shape index (κ2) is 9.32. The van der Waals surface area contributed by atoms with Crippen molar-refractivity contribution < 1.29 is 18.4 Å². The molecule has 3 heterocycles. The van der Waals surface area contributed by atoms with E-state index in [-0.39, 0.29) is 30.7 Å². The van der Waals surface area contributed by atoms with Gasteiger partial charge in [0, 0.05) is 18.3 Å². The number of hydrogen-bond acceptors (Lipinski definition) is 3. The lowest BCUT2D eigenvalue weighted by molar-refractivity contribution is 0.0934. The van der Waals surface area contributed by atoms with Crippen LogP contribution in [0.5, 0.6) is 0 Å². The molecule has 33 heavy (non-hydrogen) atoms. The van der Waals surface area contributed by atoms with Gasteiger partial charge in [0.15, 0.2) is 0 Å². The summed E-state index contributed by atoms with van der Waals surface area (Å²) in [7, 11) is 0. The fourth-order valence-electron chi connectivity index (χ4n) is 3.94. The Balaban J connectivity index is 1.56. The largest absolute Gasteiger partial charge is 0.465 e. The van der Waals surface area contributed by atoms with Gasteiger partial charge in [-0.1, -0.05) is 25.1 Å². The van der Waals surface area contributed by atoms with Crippen LogP contribution in [0.25, 0.3) is 5.52 Å². The van der Waals surface area contributed by atoms with E-state index >= 15 is 0 Å². The van der Waals surface area contributed by atoms with Crippen LogP contribution in [-0.4, -0.2) is 16.2 Å². The molecule has 7 heteroatoms. The fourth-order valence-corrected chi connectivity index (χ4v) is 3.94. The van der Waals surface area contributed by atoms with E-state index in [9.17, 15) is 14.0 Å². The molecule has 0 atom stereocenters. The number of rotatable bonds is 7. The van der Waals surface area contributed by atoms with Crippen LogP contribution in [-0.2, 0) is 19.5 Å². The van der Waals surface area contributed by atoms with E-state index in [2.05, 4.69) is 10.6 Å². The van der Waals surface area contributed by atoms with Crippen LogP contribution in [0.3, 0.4) is 0 Å². The van der Waals surface area contributed by atoms with E-state index in [1.807, 2.05) is 38.1 Å². The zero-order valence-electron chi connectivity index (χ0n) is 18.9. The highest BCUT2D eigenvalue weighted by Gasteiger charge is 2.19. The first-order chi connectivity index (χ1) is 15.9. The summed E-state index contributed by atoms with van der Waals surface area (Å²) in [6.07, 6.45) is 2.33. The molecule has 0 saturated heterocycles. The van der Waals surface area contributed by atoms with Crippen molar-refractivity contribution in [2.45, 2.75) is 40.3 Å². The highest BCUT2D eigenvalue weighted by atomic mass is 19.1. The molecule has 0 spiro atoms. The smallest absolute Gasteiger partial charge is 0.268 e. The van der Waals surface area contributed by atoms with Crippen molar-refractivity contribution >= 4 is 17.3 Å². The summed E-state index contributed by atoms with van der Waals surface area (Å²) >= 11 is 0. The monoisotopic (exact) mass is 447 g/mol. The Morgan fingerprint density at radius 1 is 1.00 bits per heavy atom. The average molecular weight is 448 g/mol. The Kier molecular flexibility index (Phi) is 6.31. The maximum absolute atomic E-state index is 13.5. The van der Waals surface area contributed by atoms with Gasteiger partial charge in [-0.3, -0.25) is 9.59 Å². The number of fused-ring (bicyclic) bond motifs is 1. The molecule has 0 aliphatic carbocycles. The highest BCUT2D eigenvalue weighted by Crippen LogP contribution is 2.22. The lowest BCUT2D eigenvalue weighted by Gasteiger charge is -2.07. The van der Waals surface area contributed by atoms with Gasteiger partial charge in [-0.25, -0.2) is 4.39 Å². The third-order valence-electron chi connectivity index (χ3n) is 5.65. The molecule has 2 amide bonds. The van der Waals surface area contributed by atoms with Gasteiger partial charge in [0.2, 0.25) is 0 Å². The third-order valence-corrected chi connectivity index (χ3v) is 5.65. The van der Waals surface area contributed by atoms with Crippen LogP contribution in [0.2, 0.25) is 0 Å². The number of amides is 2. The molecule has 0 unspecified atom stereocenters. The Morgan fingerprint density at radius 2 is 1.79 bits per heavy atom. The Morgan fingerprint density at radius 3 is 2.48 bits per heavy atom. The van der Waals surface area contributed by atoms with E-state index in [4.69, 9.17) is 4.42 Å². The van der Waals surface area contributed by atoms with E-state index in [1.54, 1.807) is 35.7 Å². The lowest BCUT2D eigenvalue weighted by atomic mass is 10.1. The first-order valence-corrected chi connectivity index (χ1v) is 10.9. The quantitative estimate of drug-likeness (QED) is 0.431. The number of benzene rings is 1. The Bertz CT molecular complexity index is 1340. The number of carbonyl (C=O) groups is 2. The van der Waals surface area contributed by atoms with Gasteiger partial charge in [-0.15, -0.1) is 0 Å². The Hall–Kier alpha value is -3.87. The van der Waals surface area contributed by atoms with Gasteiger partial charge in [-0.05, 0) is 67.3 Å². The number of furan rings is 1. The number of nitrogens with zero attached hydrogens (tertiary/aromatic N) is 1. The van der Waals surface area contributed by atoms with Crippen LogP contribution >= 0.6 is 0 Å². The van der Waals surface area contributed by atoms with Crippen molar-refractivity contribution in [2.75, 3.05) is 0 Å². The van der Waals surface area contributed by atoms with E-state index in [0.717, 1.165) is 22.4 Å². The second-order valence-corrected chi connectivity index (χ2v) is 8.00. The first-order valence-electron chi connectivity index (χ1n) is 10.9. The maximum Gasteiger partial charge on any atom is 0.268 e. The molecule has 0 aliphatic rings. The fraction of sp³-hybridized carbons (Fsp3) is 0.231. The van der Waals surface area contributed by atoms with Crippen molar-refractivity contribution in [1.29, 1.82) is 0 Å². The molecule has 0 saturated carbocycles. The molecule has 6 nitrogen and oxygen atoms in total. The summed E-state index contributed by atoms with van der Waals surface area (Å²) in [6, 6.07) is 13.9. The van der Waals surface area contributed by atoms with Crippen molar-refractivity contribution in [3.8, 4) is 0 Å². The van der Waals surface area contributed by atoms with E-state index in [0.29, 0.717) is 29.0 Å². The molecule has 4 aromatic rings. The number of aromatic nitrogens is 1. The molecule has 0 bridgehead atoms. The van der Waals surface area contributed by atoms with Gasteiger partial charge in [0.1, 0.15) is 23.0 Å². The predicted molar refractivity (Wildman–Crippen MR) is 124 cm³/mol. The van der Waals surface area contributed by atoms with Crippen LogP contribution in [0, 0.1) is 19.7 Å². The number of halogens is 1.